The molecule has 0 fully saturated rings. The molecule has 0 bridgehead atoms. The summed E-state index contributed by atoms with van der Waals surface area (Å²) in [7, 11) is 1.44. The molecule has 1 aliphatic rings. The summed E-state index contributed by atoms with van der Waals surface area (Å²) >= 11 is 7.58. The molecule has 3 nitrogen and oxygen atoms in total. The van der Waals surface area contributed by atoms with E-state index < -0.39 is 5.97 Å². The second kappa shape index (κ2) is 4.55. The average molecular weight is 259 g/mol. The third-order valence-corrected chi connectivity index (χ3v) is 4.05. The van der Waals surface area contributed by atoms with Gasteiger partial charge in [-0.25, -0.2) is 4.79 Å². The van der Waals surface area contributed by atoms with Crippen LogP contribution >= 0.6 is 23.4 Å². The molecule has 0 amide bonds. The minimum atomic E-state index is -0.981. The second-order valence-electron chi connectivity index (χ2n) is 3.51. The van der Waals surface area contributed by atoms with E-state index in [0.717, 1.165) is 29.1 Å². The number of methoxy groups -OCH3 is 1. The molecule has 0 saturated carbocycles. The Hall–Kier alpha value is -0.870. The Morgan fingerprint density at radius 2 is 2.38 bits per heavy atom. The predicted molar refractivity (Wildman–Crippen MR) is 64.0 cm³/mol. The molecule has 1 aliphatic heterocycles. The van der Waals surface area contributed by atoms with E-state index in [1.54, 1.807) is 11.8 Å². The van der Waals surface area contributed by atoms with Gasteiger partial charge in [0.25, 0.3) is 0 Å². The first kappa shape index (κ1) is 11.6. The molecule has 0 spiro atoms. The van der Waals surface area contributed by atoms with Crippen LogP contribution in [0, 0.1) is 0 Å². The van der Waals surface area contributed by atoms with Crippen molar-refractivity contribution < 1.29 is 14.6 Å². The number of carbonyl (C=O) groups is 1. The summed E-state index contributed by atoms with van der Waals surface area (Å²) in [4.78, 5) is 12.1. The maximum atomic E-state index is 11.3. The first-order valence-corrected chi connectivity index (χ1v) is 6.27. The van der Waals surface area contributed by atoms with E-state index >= 15 is 0 Å². The number of benzene rings is 1. The Morgan fingerprint density at radius 3 is 3.00 bits per heavy atom. The van der Waals surface area contributed by atoms with Crippen molar-refractivity contribution in [3.8, 4) is 5.75 Å². The molecule has 1 heterocycles. The highest BCUT2D eigenvalue weighted by atomic mass is 35.5. The van der Waals surface area contributed by atoms with Crippen molar-refractivity contribution >= 4 is 29.3 Å². The molecule has 0 unspecified atom stereocenters. The number of ether oxygens (including phenoxy) is 1. The van der Waals surface area contributed by atoms with Gasteiger partial charge in [-0.2, -0.15) is 0 Å². The molecule has 86 valence electrons. The van der Waals surface area contributed by atoms with Crippen molar-refractivity contribution in [3.63, 3.8) is 0 Å². The van der Waals surface area contributed by atoms with Crippen LogP contribution < -0.4 is 4.74 Å². The van der Waals surface area contributed by atoms with Gasteiger partial charge in [-0.1, -0.05) is 11.6 Å². The smallest absolute Gasteiger partial charge is 0.340 e. The van der Waals surface area contributed by atoms with Crippen molar-refractivity contribution in [2.75, 3.05) is 12.9 Å². The lowest BCUT2D eigenvalue weighted by Crippen LogP contribution is -2.09. The Morgan fingerprint density at radius 1 is 1.62 bits per heavy atom. The molecule has 0 aliphatic carbocycles. The lowest BCUT2D eigenvalue weighted by Gasteiger charge is -2.20. The lowest BCUT2D eigenvalue weighted by atomic mass is 10.0. The Bertz CT molecular complexity index is 445. The quantitative estimate of drug-likeness (QED) is 0.886. The summed E-state index contributed by atoms with van der Waals surface area (Å²) < 4.78 is 5.08. The molecule has 0 atom stereocenters. The van der Waals surface area contributed by atoms with Gasteiger partial charge in [0.2, 0.25) is 0 Å². The molecular weight excluding hydrogens is 248 g/mol. The van der Waals surface area contributed by atoms with Crippen LogP contribution in [-0.2, 0) is 6.42 Å². The third kappa shape index (κ3) is 1.87. The SMILES string of the molecule is COc1c(Cl)cc2c(c1C(=O)O)SCCC2. The molecule has 0 aromatic heterocycles. The number of hydrogen-bond donors (Lipinski definition) is 1. The van der Waals surface area contributed by atoms with E-state index in [-0.39, 0.29) is 11.3 Å². The van der Waals surface area contributed by atoms with E-state index in [9.17, 15) is 9.90 Å². The molecule has 0 saturated heterocycles. The minimum absolute atomic E-state index is 0.203. The fraction of sp³-hybridized carbons (Fsp3) is 0.364. The van der Waals surface area contributed by atoms with Gasteiger partial charge in [0.1, 0.15) is 5.56 Å². The number of aryl methyl sites for hydroxylation is 1. The van der Waals surface area contributed by atoms with Gasteiger partial charge in [-0.3, -0.25) is 0 Å². The van der Waals surface area contributed by atoms with E-state index in [0.29, 0.717) is 5.02 Å². The van der Waals surface area contributed by atoms with Gasteiger partial charge < -0.3 is 9.84 Å². The van der Waals surface area contributed by atoms with Crippen molar-refractivity contribution in [3.05, 3.63) is 22.2 Å². The van der Waals surface area contributed by atoms with Crippen LogP contribution in [0.3, 0.4) is 0 Å². The maximum absolute atomic E-state index is 11.3. The highest BCUT2D eigenvalue weighted by Crippen LogP contribution is 2.41. The van der Waals surface area contributed by atoms with Crippen LogP contribution in [0.4, 0.5) is 0 Å². The van der Waals surface area contributed by atoms with Crippen molar-refractivity contribution in [2.45, 2.75) is 17.7 Å². The molecule has 16 heavy (non-hydrogen) atoms. The minimum Gasteiger partial charge on any atom is -0.494 e. The van der Waals surface area contributed by atoms with Gasteiger partial charge in [0.15, 0.2) is 5.75 Å². The first-order chi connectivity index (χ1) is 7.65. The van der Waals surface area contributed by atoms with E-state index in [1.165, 1.54) is 7.11 Å². The highest BCUT2D eigenvalue weighted by molar-refractivity contribution is 7.99. The highest BCUT2D eigenvalue weighted by Gasteiger charge is 2.25. The van der Waals surface area contributed by atoms with Gasteiger partial charge in [-0.15, -0.1) is 11.8 Å². The Kier molecular flexibility index (Phi) is 3.30. The standard InChI is InChI=1S/C11H11ClO3S/c1-15-9-7(12)5-6-3-2-4-16-10(6)8(9)11(13)14/h5H,2-4H2,1H3,(H,13,14). The van der Waals surface area contributed by atoms with Crippen molar-refractivity contribution in [1.29, 1.82) is 0 Å². The normalized spacial score (nSPS) is 14.4. The molecule has 0 radical (unpaired) electrons. The van der Waals surface area contributed by atoms with Crippen LogP contribution in [0.5, 0.6) is 5.75 Å². The number of aromatic carboxylic acids is 1. The largest absolute Gasteiger partial charge is 0.494 e. The summed E-state index contributed by atoms with van der Waals surface area (Å²) in [6.45, 7) is 0. The zero-order valence-corrected chi connectivity index (χ0v) is 10.3. The topological polar surface area (TPSA) is 46.5 Å². The molecule has 1 aromatic rings. The van der Waals surface area contributed by atoms with Gasteiger partial charge in [0, 0.05) is 4.90 Å². The van der Waals surface area contributed by atoms with Crippen LogP contribution in [0.1, 0.15) is 22.3 Å². The molecular formula is C11H11ClO3S. The van der Waals surface area contributed by atoms with E-state index in [1.807, 2.05) is 6.07 Å². The van der Waals surface area contributed by atoms with Crippen LogP contribution in [0.2, 0.25) is 5.02 Å². The zero-order chi connectivity index (χ0) is 11.7. The van der Waals surface area contributed by atoms with Crippen molar-refractivity contribution in [1.82, 2.24) is 0 Å². The fourth-order valence-corrected chi connectivity index (χ4v) is 3.32. The molecule has 1 N–H and O–H groups in total. The summed E-state index contributed by atoms with van der Waals surface area (Å²) in [6.07, 6.45) is 1.94. The number of hydrogen-bond acceptors (Lipinski definition) is 3. The van der Waals surface area contributed by atoms with Gasteiger partial charge >= 0.3 is 5.97 Å². The molecule has 5 heteroatoms. The molecule has 1 aromatic carbocycles. The summed E-state index contributed by atoms with van der Waals surface area (Å²) in [5.41, 5.74) is 1.22. The van der Waals surface area contributed by atoms with Gasteiger partial charge in [0.05, 0.1) is 12.1 Å². The monoisotopic (exact) mass is 258 g/mol. The Labute approximate surface area is 103 Å². The van der Waals surface area contributed by atoms with Crippen molar-refractivity contribution in [2.24, 2.45) is 0 Å². The fourth-order valence-electron chi connectivity index (χ4n) is 1.85. The first-order valence-electron chi connectivity index (χ1n) is 4.90. The predicted octanol–water partition coefficient (Wildman–Crippen LogP) is 3.09. The zero-order valence-electron chi connectivity index (χ0n) is 8.75. The van der Waals surface area contributed by atoms with E-state index in [2.05, 4.69) is 0 Å². The number of carboxylic acid groups (broad SMARTS) is 1. The number of halogens is 1. The number of thioether (sulfide) groups is 1. The number of carboxylic acids is 1. The van der Waals surface area contributed by atoms with Crippen LogP contribution in [0.15, 0.2) is 11.0 Å². The van der Waals surface area contributed by atoms with Crippen LogP contribution in [-0.4, -0.2) is 23.9 Å². The Balaban J connectivity index is 2.68. The lowest BCUT2D eigenvalue weighted by molar-refractivity contribution is 0.0689. The molecule has 2 rings (SSSR count). The summed E-state index contributed by atoms with van der Waals surface area (Å²) in [6, 6.07) is 1.81. The second-order valence-corrected chi connectivity index (χ2v) is 5.02. The third-order valence-electron chi connectivity index (χ3n) is 2.52. The van der Waals surface area contributed by atoms with E-state index in [4.69, 9.17) is 16.3 Å². The van der Waals surface area contributed by atoms with Gasteiger partial charge in [-0.05, 0) is 30.2 Å². The average Bonchev–Trinajstić information content (AvgIpc) is 2.26. The number of rotatable bonds is 2. The maximum Gasteiger partial charge on any atom is 0.340 e. The summed E-state index contributed by atoms with van der Waals surface area (Å²) in [5, 5.41) is 9.60. The number of fused-ring (bicyclic) bond motifs is 1. The van der Waals surface area contributed by atoms with Crippen LogP contribution in [0.25, 0.3) is 0 Å². The summed E-state index contributed by atoms with van der Waals surface area (Å²) in [5.74, 6) is 0.227.